The molecule has 2 heterocycles. The summed E-state index contributed by atoms with van der Waals surface area (Å²) in [6, 6.07) is 9.85. The van der Waals surface area contributed by atoms with E-state index < -0.39 is 0 Å². The van der Waals surface area contributed by atoms with Gasteiger partial charge in [-0.25, -0.2) is 4.39 Å². The number of aromatic amines is 1. The van der Waals surface area contributed by atoms with Crippen LogP contribution in [0.15, 0.2) is 46.9 Å². The van der Waals surface area contributed by atoms with Crippen molar-refractivity contribution < 1.29 is 9.18 Å². The molecule has 5 nitrogen and oxygen atoms in total. The van der Waals surface area contributed by atoms with Crippen LogP contribution in [-0.2, 0) is 0 Å². The maximum Gasteiger partial charge on any atom is 0.210 e. The zero-order chi connectivity index (χ0) is 15.4. The molecule has 2 aromatic heterocycles. The van der Waals surface area contributed by atoms with E-state index in [1.54, 1.807) is 36.5 Å². The Morgan fingerprint density at radius 2 is 2.14 bits per heavy atom. The Morgan fingerprint density at radius 1 is 1.27 bits per heavy atom. The third kappa shape index (κ3) is 3.52. The van der Waals surface area contributed by atoms with E-state index in [1.807, 2.05) is 0 Å². The van der Waals surface area contributed by atoms with Crippen LogP contribution in [0.1, 0.15) is 10.5 Å². The highest BCUT2D eigenvalue weighted by molar-refractivity contribution is 8.01. The van der Waals surface area contributed by atoms with E-state index in [-0.39, 0.29) is 17.4 Å². The van der Waals surface area contributed by atoms with Crippen LogP contribution in [0.25, 0.3) is 0 Å². The highest BCUT2D eigenvalue weighted by Crippen LogP contribution is 2.28. The standard InChI is InChI=1S/C14H11FN4OS2/c15-9-4-1-2-5-10(9)17-13-18-19-14(22-13)21-8-12(20)11-6-3-7-16-11/h1-7,16H,8H2,(H,17,18). The minimum Gasteiger partial charge on any atom is -0.359 e. The van der Waals surface area contributed by atoms with Crippen molar-refractivity contribution in [1.82, 2.24) is 15.2 Å². The fraction of sp³-hybridized carbons (Fsp3) is 0.0714. The number of carbonyl (C=O) groups excluding carboxylic acids is 1. The second-order valence-electron chi connectivity index (χ2n) is 4.27. The van der Waals surface area contributed by atoms with E-state index >= 15 is 0 Å². The normalized spacial score (nSPS) is 10.6. The number of ketones is 1. The fourth-order valence-corrected chi connectivity index (χ4v) is 3.35. The quantitative estimate of drug-likeness (QED) is 0.531. The lowest BCUT2D eigenvalue weighted by molar-refractivity contribution is 0.101. The molecule has 112 valence electrons. The van der Waals surface area contributed by atoms with Crippen LogP contribution in [0.4, 0.5) is 15.2 Å². The molecule has 0 aliphatic heterocycles. The van der Waals surface area contributed by atoms with Gasteiger partial charge < -0.3 is 10.3 Å². The molecule has 1 aromatic carbocycles. The predicted octanol–water partition coefficient (Wildman–Crippen LogP) is 3.72. The van der Waals surface area contributed by atoms with Crippen LogP contribution in [-0.4, -0.2) is 26.7 Å². The molecule has 3 aromatic rings. The van der Waals surface area contributed by atoms with Crippen LogP contribution in [0, 0.1) is 5.82 Å². The monoisotopic (exact) mass is 334 g/mol. The van der Waals surface area contributed by atoms with E-state index in [4.69, 9.17) is 0 Å². The molecule has 0 fully saturated rings. The molecule has 0 aliphatic rings. The van der Waals surface area contributed by atoms with Crippen molar-refractivity contribution in [1.29, 1.82) is 0 Å². The molecular weight excluding hydrogens is 323 g/mol. The number of anilines is 2. The molecule has 8 heteroatoms. The lowest BCUT2D eigenvalue weighted by Gasteiger charge is -2.01. The van der Waals surface area contributed by atoms with E-state index in [0.717, 1.165) is 0 Å². The number of halogens is 1. The Kier molecular flexibility index (Phi) is 4.50. The highest BCUT2D eigenvalue weighted by atomic mass is 32.2. The van der Waals surface area contributed by atoms with Gasteiger partial charge in [0.1, 0.15) is 5.82 Å². The van der Waals surface area contributed by atoms with Crippen molar-refractivity contribution in [3.05, 3.63) is 54.1 Å². The number of hydrogen-bond acceptors (Lipinski definition) is 6. The molecule has 0 bridgehead atoms. The lowest BCUT2D eigenvalue weighted by Crippen LogP contribution is -2.02. The molecule has 0 amide bonds. The third-order valence-electron chi connectivity index (χ3n) is 2.75. The first-order valence-electron chi connectivity index (χ1n) is 6.37. The SMILES string of the molecule is O=C(CSc1nnc(Nc2ccccc2F)s1)c1ccc[nH]1. The number of Topliss-reactive ketones (excluding diaryl/α,β-unsaturated/α-hetero) is 1. The lowest BCUT2D eigenvalue weighted by atomic mass is 10.3. The molecule has 0 saturated heterocycles. The zero-order valence-electron chi connectivity index (χ0n) is 11.2. The first-order valence-corrected chi connectivity index (χ1v) is 8.17. The van der Waals surface area contributed by atoms with Gasteiger partial charge in [0.05, 0.1) is 17.1 Å². The highest BCUT2D eigenvalue weighted by Gasteiger charge is 2.11. The predicted molar refractivity (Wildman–Crippen MR) is 85.4 cm³/mol. The molecule has 3 rings (SSSR count). The van der Waals surface area contributed by atoms with E-state index in [1.165, 1.54) is 29.2 Å². The van der Waals surface area contributed by atoms with Crippen LogP contribution < -0.4 is 5.32 Å². The molecule has 0 unspecified atom stereocenters. The number of aromatic nitrogens is 3. The second-order valence-corrected chi connectivity index (χ2v) is 6.47. The Labute approximate surface area is 134 Å². The summed E-state index contributed by atoms with van der Waals surface area (Å²) in [5.41, 5.74) is 0.916. The maximum atomic E-state index is 13.5. The van der Waals surface area contributed by atoms with Crippen molar-refractivity contribution in [3.63, 3.8) is 0 Å². The topological polar surface area (TPSA) is 70.7 Å². The summed E-state index contributed by atoms with van der Waals surface area (Å²) in [6.45, 7) is 0. The number of thioether (sulfide) groups is 1. The number of nitrogens with one attached hydrogen (secondary N) is 2. The average Bonchev–Trinajstić information content (AvgIpc) is 3.19. The maximum absolute atomic E-state index is 13.5. The minimum atomic E-state index is -0.353. The van der Waals surface area contributed by atoms with E-state index in [0.29, 0.717) is 20.9 Å². The number of hydrogen-bond donors (Lipinski definition) is 2. The average molecular weight is 334 g/mol. The molecule has 0 atom stereocenters. The van der Waals surface area contributed by atoms with Gasteiger partial charge in [-0.05, 0) is 24.3 Å². The Morgan fingerprint density at radius 3 is 2.91 bits per heavy atom. The van der Waals surface area contributed by atoms with Crippen molar-refractivity contribution in [2.24, 2.45) is 0 Å². The molecule has 2 N–H and O–H groups in total. The van der Waals surface area contributed by atoms with Crippen LogP contribution in [0.2, 0.25) is 0 Å². The number of nitrogens with zero attached hydrogens (tertiary/aromatic N) is 2. The van der Waals surface area contributed by atoms with Crippen molar-refractivity contribution in [3.8, 4) is 0 Å². The molecule has 0 saturated carbocycles. The van der Waals surface area contributed by atoms with Gasteiger partial charge in [-0.1, -0.05) is 35.2 Å². The Balaban J connectivity index is 1.60. The summed E-state index contributed by atoms with van der Waals surface area (Å²) in [4.78, 5) is 14.7. The van der Waals surface area contributed by atoms with Gasteiger partial charge in [-0.2, -0.15) is 0 Å². The summed E-state index contributed by atoms with van der Waals surface area (Å²) < 4.78 is 14.2. The number of rotatable bonds is 6. The summed E-state index contributed by atoms with van der Waals surface area (Å²) >= 11 is 2.58. The smallest absolute Gasteiger partial charge is 0.210 e. The third-order valence-corrected chi connectivity index (χ3v) is 4.72. The van der Waals surface area contributed by atoms with Crippen LogP contribution in [0.5, 0.6) is 0 Å². The number of H-pyrrole nitrogens is 1. The summed E-state index contributed by atoms with van der Waals surface area (Å²) in [5.74, 6) is -0.0860. The Hall–Kier alpha value is -2.19. The van der Waals surface area contributed by atoms with Crippen molar-refractivity contribution >= 4 is 39.7 Å². The number of carbonyl (C=O) groups is 1. The van der Waals surface area contributed by atoms with Gasteiger partial charge in [0.15, 0.2) is 10.1 Å². The van der Waals surface area contributed by atoms with E-state index in [9.17, 15) is 9.18 Å². The van der Waals surface area contributed by atoms with Crippen molar-refractivity contribution in [2.75, 3.05) is 11.1 Å². The summed E-state index contributed by atoms with van der Waals surface area (Å²) in [5, 5.41) is 11.3. The van der Waals surface area contributed by atoms with Gasteiger partial charge >= 0.3 is 0 Å². The van der Waals surface area contributed by atoms with E-state index in [2.05, 4.69) is 20.5 Å². The fourth-order valence-electron chi connectivity index (χ4n) is 1.71. The van der Waals surface area contributed by atoms with Crippen molar-refractivity contribution in [2.45, 2.75) is 4.34 Å². The molecule has 0 aliphatic carbocycles. The van der Waals surface area contributed by atoms with Gasteiger partial charge in [0.2, 0.25) is 5.13 Å². The summed E-state index contributed by atoms with van der Waals surface area (Å²) in [6.07, 6.45) is 1.71. The first-order chi connectivity index (χ1) is 10.7. The molecule has 22 heavy (non-hydrogen) atoms. The van der Waals surface area contributed by atoms with Gasteiger partial charge in [0, 0.05) is 6.20 Å². The molecular formula is C14H11FN4OS2. The summed E-state index contributed by atoms with van der Waals surface area (Å²) in [7, 11) is 0. The van der Waals surface area contributed by atoms with Crippen LogP contribution >= 0.6 is 23.1 Å². The van der Waals surface area contributed by atoms with Gasteiger partial charge in [-0.15, -0.1) is 10.2 Å². The van der Waals surface area contributed by atoms with Gasteiger partial charge in [0.25, 0.3) is 0 Å². The molecule has 0 radical (unpaired) electrons. The second kappa shape index (κ2) is 6.71. The first kappa shape index (κ1) is 14.7. The largest absolute Gasteiger partial charge is 0.359 e. The molecule has 0 spiro atoms. The zero-order valence-corrected chi connectivity index (χ0v) is 12.9. The number of para-hydroxylation sites is 1. The number of benzene rings is 1. The Bertz CT molecular complexity index is 773. The minimum absolute atomic E-state index is 0.00573. The van der Waals surface area contributed by atoms with Gasteiger partial charge in [-0.3, -0.25) is 4.79 Å². The van der Waals surface area contributed by atoms with Crippen LogP contribution in [0.3, 0.4) is 0 Å².